The number of hydrogen-bond acceptors (Lipinski definition) is 11. The predicted octanol–water partition coefficient (Wildman–Crippen LogP) is 7.42. The molecule has 0 bridgehead atoms. The Morgan fingerprint density at radius 2 is 0.966 bits per heavy atom. The van der Waals surface area contributed by atoms with Gasteiger partial charge in [0.15, 0.2) is 0 Å². The lowest BCUT2D eigenvalue weighted by atomic mass is 9.85. The minimum absolute atomic E-state index is 0.225. The van der Waals surface area contributed by atoms with Crippen LogP contribution in [0.4, 0.5) is 0 Å². The second-order valence-electron chi connectivity index (χ2n) is 16.8. The molecule has 0 spiro atoms. The molecule has 1 amide bonds. The summed E-state index contributed by atoms with van der Waals surface area (Å²) >= 11 is 0. The van der Waals surface area contributed by atoms with Crippen molar-refractivity contribution in [3.8, 4) is 0 Å². The third-order valence-electron chi connectivity index (χ3n) is 11.4. The second-order valence-corrected chi connectivity index (χ2v) is 18.2. The van der Waals surface area contributed by atoms with E-state index in [1.807, 2.05) is 0 Å². The van der Waals surface area contributed by atoms with E-state index in [-0.39, 0.29) is 12.8 Å². The molecule has 1 rings (SSSR count). The number of allylic oxidation sites excluding steroid dienone is 2. The molecule has 8 unspecified atom stereocenters. The first kappa shape index (κ1) is 55.1. The maximum absolute atomic E-state index is 13.0. The average Bonchev–Trinajstić information content (AvgIpc) is 3.19. The molecule has 58 heavy (non-hydrogen) atoms. The highest BCUT2D eigenvalue weighted by molar-refractivity contribution is 7.47. The number of phosphoric ester groups is 1. The number of carbonyl (C=O) groups excluding carboxylic acids is 1. The number of hydrogen-bond donors (Lipinski definition) is 9. The molecule has 1 saturated carbocycles. The van der Waals surface area contributed by atoms with Crippen LogP contribution in [0.15, 0.2) is 12.2 Å². The van der Waals surface area contributed by atoms with Crippen LogP contribution in [0.1, 0.15) is 200 Å². The molecular formula is C44H86NO12P. The van der Waals surface area contributed by atoms with Crippen LogP contribution in [0.2, 0.25) is 0 Å². The topological polar surface area (TPSA) is 226 Å². The van der Waals surface area contributed by atoms with Crippen LogP contribution in [0.25, 0.3) is 0 Å². The number of aliphatic hydroxyl groups excluding tert-OH is 7. The number of unbranched alkanes of at least 4 members (excludes halogenated alkanes) is 23. The van der Waals surface area contributed by atoms with Crippen LogP contribution in [0, 0.1) is 0 Å². The predicted molar refractivity (Wildman–Crippen MR) is 229 cm³/mol. The molecule has 9 N–H and O–H groups in total. The van der Waals surface area contributed by atoms with Crippen molar-refractivity contribution >= 4 is 13.7 Å². The smallest absolute Gasteiger partial charge is 0.393 e. The van der Waals surface area contributed by atoms with Gasteiger partial charge < -0.3 is 46.0 Å². The highest BCUT2D eigenvalue weighted by Crippen LogP contribution is 2.47. The van der Waals surface area contributed by atoms with Crippen molar-refractivity contribution in [1.82, 2.24) is 5.32 Å². The molecule has 0 aromatic rings. The Morgan fingerprint density at radius 3 is 1.41 bits per heavy atom. The number of carbonyl (C=O) groups is 1. The van der Waals surface area contributed by atoms with E-state index in [0.29, 0.717) is 12.8 Å². The molecule has 0 heterocycles. The molecule has 1 fully saturated rings. The number of phosphoric acid groups is 1. The lowest BCUT2D eigenvalue weighted by Gasteiger charge is -2.41. The molecule has 0 saturated heterocycles. The van der Waals surface area contributed by atoms with Crippen molar-refractivity contribution in [3.05, 3.63) is 12.2 Å². The minimum atomic E-state index is -5.11. The summed E-state index contributed by atoms with van der Waals surface area (Å²) in [6.07, 6.45) is 21.6. The van der Waals surface area contributed by atoms with Crippen LogP contribution < -0.4 is 5.32 Å². The Hall–Kier alpha value is -0.960. The van der Waals surface area contributed by atoms with Gasteiger partial charge in [0, 0.05) is 0 Å². The van der Waals surface area contributed by atoms with Crippen LogP contribution >= 0.6 is 7.82 Å². The number of amides is 1. The fraction of sp³-hybridized carbons (Fsp3) is 0.932. The first-order valence-electron chi connectivity index (χ1n) is 23.2. The molecule has 0 aromatic carbocycles. The largest absolute Gasteiger partial charge is 0.472 e. The van der Waals surface area contributed by atoms with Crippen LogP contribution in [0.5, 0.6) is 0 Å². The highest BCUT2D eigenvalue weighted by Gasteiger charge is 2.51. The van der Waals surface area contributed by atoms with Gasteiger partial charge in [-0.2, -0.15) is 0 Å². The molecule has 0 radical (unpaired) electrons. The monoisotopic (exact) mass is 852 g/mol. The Balaban J connectivity index is 2.41. The van der Waals surface area contributed by atoms with E-state index >= 15 is 0 Å². The van der Waals surface area contributed by atoms with Gasteiger partial charge in [-0.15, -0.1) is 0 Å². The van der Waals surface area contributed by atoms with E-state index in [2.05, 4.69) is 31.3 Å². The molecule has 14 heteroatoms. The fourth-order valence-electron chi connectivity index (χ4n) is 7.53. The van der Waals surface area contributed by atoms with Gasteiger partial charge in [-0.25, -0.2) is 4.57 Å². The quantitative estimate of drug-likeness (QED) is 0.0168. The van der Waals surface area contributed by atoms with Gasteiger partial charge in [0.1, 0.15) is 36.6 Å². The summed E-state index contributed by atoms with van der Waals surface area (Å²) in [5.41, 5.74) is 0. The third kappa shape index (κ3) is 26.4. The minimum Gasteiger partial charge on any atom is -0.393 e. The summed E-state index contributed by atoms with van der Waals surface area (Å²) in [6.45, 7) is 3.74. The van der Waals surface area contributed by atoms with E-state index in [4.69, 9.17) is 9.05 Å². The molecule has 0 aromatic heterocycles. The molecule has 0 aliphatic heterocycles. The Labute approximate surface area is 351 Å². The summed E-state index contributed by atoms with van der Waals surface area (Å²) in [5.74, 6) is -0.567. The third-order valence-corrected chi connectivity index (χ3v) is 12.4. The van der Waals surface area contributed by atoms with Crippen molar-refractivity contribution in [2.45, 2.75) is 255 Å². The Morgan fingerprint density at radius 1 is 0.586 bits per heavy atom. The van der Waals surface area contributed by atoms with Gasteiger partial charge in [0.2, 0.25) is 5.91 Å². The van der Waals surface area contributed by atoms with Gasteiger partial charge in [0.25, 0.3) is 0 Å². The van der Waals surface area contributed by atoms with Gasteiger partial charge >= 0.3 is 7.82 Å². The lowest BCUT2D eigenvalue weighted by Crippen LogP contribution is -2.64. The molecule has 8 atom stereocenters. The van der Waals surface area contributed by atoms with Crippen LogP contribution in [0.3, 0.4) is 0 Å². The zero-order valence-corrected chi connectivity index (χ0v) is 37.1. The highest BCUT2D eigenvalue weighted by atomic mass is 31.2. The standard InChI is InChI=1S/C44H86NO12P/c1-3-5-7-9-11-13-14-15-16-17-18-19-20-21-22-23-24-25-27-29-31-35(46)33-38(48)45-36(37(47)32-30-28-26-12-10-8-6-4-2)34-56-58(54,55)57-44-42(52)40(50)39(49)41(51)43(44)53/h20-21,35-37,39-44,46-47,49-53H,3-19,22-34H2,1-2H3,(H,45,48)(H,54,55)/b21-20-. The van der Waals surface area contributed by atoms with Gasteiger partial charge in [-0.05, 0) is 38.5 Å². The summed E-state index contributed by atoms with van der Waals surface area (Å²) in [7, 11) is -5.11. The summed E-state index contributed by atoms with van der Waals surface area (Å²) in [6, 6.07) is -1.15. The van der Waals surface area contributed by atoms with E-state index in [0.717, 1.165) is 77.0 Å². The van der Waals surface area contributed by atoms with E-state index in [1.165, 1.54) is 83.5 Å². The first-order chi connectivity index (χ1) is 27.8. The van der Waals surface area contributed by atoms with Gasteiger partial charge in [-0.1, -0.05) is 167 Å². The van der Waals surface area contributed by atoms with Gasteiger partial charge in [0.05, 0.1) is 31.3 Å². The zero-order valence-electron chi connectivity index (χ0n) is 36.2. The number of nitrogens with one attached hydrogen (secondary N) is 1. The normalized spacial score (nSPS) is 23.8. The Bertz CT molecular complexity index is 1050. The van der Waals surface area contributed by atoms with Crippen LogP contribution in [-0.2, 0) is 18.4 Å². The molecule has 344 valence electrons. The van der Waals surface area contributed by atoms with Crippen molar-refractivity contribution < 1.29 is 59.0 Å². The number of aliphatic hydroxyl groups is 7. The maximum atomic E-state index is 13.0. The zero-order chi connectivity index (χ0) is 43.0. The molecule has 1 aliphatic rings. The van der Waals surface area contributed by atoms with Crippen molar-refractivity contribution in [2.24, 2.45) is 0 Å². The van der Waals surface area contributed by atoms with E-state index in [1.54, 1.807) is 0 Å². The summed E-state index contributed by atoms with van der Waals surface area (Å²) < 4.78 is 22.8. The lowest BCUT2D eigenvalue weighted by molar-refractivity contribution is -0.220. The van der Waals surface area contributed by atoms with E-state index < -0.39 is 75.2 Å². The summed E-state index contributed by atoms with van der Waals surface area (Å²) in [4.78, 5) is 23.4. The average molecular weight is 852 g/mol. The second kappa shape index (κ2) is 34.6. The summed E-state index contributed by atoms with van der Waals surface area (Å²) in [5, 5.41) is 74.3. The van der Waals surface area contributed by atoms with E-state index in [9.17, 15) is 50.0 Å². The molecular weight excluding hydrogens is 765 g/mol. The number of rotatable bonds is 38. The first-order valence-corrected chi connectivity index (χ1v) is 24.7. The van der Waals surface area contributed by atoms with Crippen molar-refractivity contribution in [3.63, 3.8) is 0 Å². The molecule has 13 nitrogen and oxygen atoms in total. The maximum Gasteiger partial charge on any atom is 0.472 e. The van der Waals surface area contributed by atoms with Gasteiger partial charge in [-0.3, -0.25) is 13.8 Å². The Kier molecular flexibility index (Phi) is 32.9. The molecule has 1 aliphatic carbocycles. The van der Waals surface area contributed by atoms with Crippen LogP contribution in [-0.4, -0.2) is 108 Å². The fourth-order valence-corrected chi connectivity index (χ4v) is 8.50. The van der Waals surface area contributed by atoms with Crippen molar-refractivity contribution in [1.29, 1.82) is 0 Å². The SMILES string of the molecule is CCCCCCCCCCCCC/C=C\CCCCCCCC(O)CC(=O)NC(COP(=O)(O)OC1C(O)C(O)C(O)C(O)C1O)C(O)CCCCCCCCCC. The van der Waals surface area contributed by atoms with Crippen molar-refractivity contribution in [2.75, 3.05) is 6.61 Å².